The van der Waals surface area contributed by atoms with Gasteiger partial charge in [0.15, 0.2) is 0 Å². The Morgan fingerprint density at radius 1 is 1.44 bits per heavy atom. The Morgan fingerprint density at radius 2 is 2.25 bits per heavy atom. The van der Waals surface area contributed by atoms with Crippen LogP contribution in [0.1, 0.15) is 24.3 Å². The number of rotatable bonds is 2. The topological polar surface area (TPSA) is 38.9 Å². The maximum absolute atomic E-state index is 5.77. The number of anilines is 1. The van der Waals surface area contributed by atoms with Crippen molar-refractivity contribution in [2.45, 2.75) is 19.3 Å². The molecule has 1 aromatic carbocycles. The van der Waals surface area contributed by atoms with Gasteiger partial charge in [0.2, 0.25) is 0 Å². The van der Waals surface area contributed by atoms with Crippen LogP contribution in [0.25, 0.3) is 11.3 Å². The van der Waals surface area contributed by atoms with E-state index < -0.39 is 0 Å². The minimum Gasteiger partial charge on any atom is -0.399 e. The molecule has 1 aliphatic rings. The molecule has 3 rings (SSSR count). The number of hydrogen-bond donors (Lipinski definition) is 1. The van der Waals surface area contributed by atoms with Gasteiger partial charge in [-0.2, -0.15) is 0 Å². The van der Waals surface area contributed by atoms with Crippen molar-refractivity contribution >= 4 is 17.0 Å². The first kappa shape index (κ1) is 9.85. The molecule has 0 amide bonds. The summed E-state index contributed by atoms with van der Waals surface area (Å²) in [4.78, 5) is 4.70. The molecular formula is C13H14N2S. The second-order valence-electron chi connectivity index (χ2n) is 4.52. The van der Waals surface area contributed by atoms with Crippen molar-refractivity contribution in [3.05, 3.63) is 34.7 Å². The van der Waals surface area contributed by atoms with Crippen LogP contribution in [-0.4, -0.2) is 4.98 Å². The average Bonchev–Trinajstić information content (AvgIpc) is 2.81. The van der Waals surface area contributed by atoms with Gasteiger partial charge in [-0.25, -0.2) is 4.98 Å². The van der Waals surface area contributed by atoms with Gasteiger partial charge in [-0.05, 0) is 24.5 Å². The highest BCUT2D eigenvalue weighted by Crippen LogP contribution is 2.48. The van der Waals surface area contributed by atoms with E-state index in [0.717, 1.165) is 22.9 Å². The molecule has 1 heterocycles. The third kappa shape index (κ3) is 1.71. The summed E-state index contributed by atoms with van der Waals surface area (Å²) in [5.41, 5.74) is 8.75. The van der Waals surface area contributed by atoms with Crippen LogP contribution < -0.4 is 5.73 Å². The summed E-state index contributed by atoms with van der Waals surface area (Å²) in [6, 6.07) is 7.92. The predicted molar refractivity (Wildman–Crippen MR) is 68.5 cm³/mol. The van der Waals surface area contributed by atoms with E-state index in [1.807, 2.05) is 18.2 Å². The van der Waals surface area contributed by atoms with Crippen molar-refractivity contribution in [3.8, 4) is 11.3 Å². The van der Waals surface area contributed by atoms with Crippen molar-refractivity contribution in [3.63, 3.8) is 0 Å². The van der Waals surface area contributed by atoms with E-state index in [1.165, 1.54) is 11.4 Å². The first-order valence-electron chi connectivity index (χ1n) is 5.55. The lowest BCUT2D eigenvalue weighted by Gasteiger charge is -1.97. The smallest absolute Gasteiger partial charge is 0.0966 e. The molecule has 2 unspecified atom stereocenters. The summed E-state index contributed by atoms with van der Waals surface area (Å²) in [6.45, 7) is 2.28. The molecular weight excluding hydrogens is 216 g/mol. The molecule has 1 aromatic heterocycles. The Labute approximate surface area is 99.1 Å². The maximum Gasteiger partial charge on any atom is 0.0966 e. The fourth-order valence-corrected chi connectivity index (χ4v) is 3.03. The summed E-state index contributed by atoms with van der Waals surface area (Å²) in [5.74, 6) is 1.53. The number of hydrogen-bond acceptors (Lipinski definition) is 3. The van der Waals surface area contributed by atoms with Crippen LogP contribution in [0.4, 0.5) is 5.69 Å². The minimum atomic E-state index is 0.708. The fraction of sp³-hybridized carbons (Fsp3) is 0.308. The summed E-state index contributed by atoms with van der Waals surface area (Å²) in [7, 11) is 0. The van der Waals surface area contributed by atoms with Crippen LogP contribution in [0, 0.1) is 5.92 Å². The van der Waals surface area contributed by atoms with Gasteiger partial charge in [0.25, 0.3) is 0 Å². The number of nitrogens with two attached hydrogens (primary N) is 1. The molecule has 1 saturated carbocycles. The van der Waals surface area contributed by atoms with Gasteiger partial charge in [0.1, 0.15) is 0 Å². The average molecular weight is 230 g/mol. The molecule has 2 nitrogen and oxygen atoms in total. The number of aromatic nitrogens is 1. The third-order valence-electron chi connectivity index (χ3n) is 3.13. The number of nitrogens with zero attached hydrogens (tertiary/aromatic N) is 1. The van der Waals surface area contributed by atoms with Crippen LogP contribution in [0.5, 0.6) is 0 Å². The van der Waals surface area contributed by atoms with Gasteiger partial charge in [0.05, 0.1) is 10.7 Å². The molecule has 0 radical (unpaired) electrons. The lowest BCUT2D eigenvalue weighted by Crippen LogP contribution is -1.86. The van der Waals surface area contributed by atoms with Gasteiger partial charge in [-0.1, -0.05) is 19.1 Å². The number of thiazole rings is 1. The Morgan fingerprint density at radius 3 is 2.94 bits per heavy atom. The second-order valence-corrected chi connectivity index (χ2v) is 5.41. The van der Waals surface area contributed by atoms with E-state index in [-0.39, 0.29) is 0 Å². The zero-order valence-electron chi connectivity index (χ0n) is 9.18. The van der Waals surface area contributed by atoms with E-state index in [9.17, 15) is 0 Å². The first-order chi connectivity index (χ1) is 7.74. The molecule has 2 atom stereocenters. The van der Waals surface area contributed by atoms with Crippen molar-refractivity contribution in [1.29, 1.82) is 0 Å². The largest absolute Gasteiger partial charge is 0.399 e. The van der Waals surface area contributed by atoms with Crippen LogP contribution in [0.3, 0.4) is 0 Å². The summed E-state index contributed by atoms with van der Waals surface area (Å²) >= 11 is 1.77. The van der Waals surface area contributed by atoms with Gasteiger partial charge in [-0.3, -0.25) is 0 Å². The van der Waals surface area contributed by atoms with Gasteiger partial charge < -0.3 is 5.73 Å². The molecule has 0 saturated heterocycles. The highest BCUT2D eigenvalue weighted by molar-refractivity contribution is 7.10. The molecule has 0 bridgehead atoms. The highest BCUT2D eigenvalue weighted by atomic mass is 32.1. The third-order valence-corrected chi connectivity index (χ3v) is 4.11. The summed E-state index contributed by atoms with van der Waals surface area (Å²) < 4.78 is 0. The minimum absolute atomic E-state index is 0.708. The number of benzene rings is 1. The van der Waals surface area contributed by atoms with Gasteiger partial charge in [0, 0.05) is 22.5 Å². The zero-order chi connectivity index (χ0) is 11.1. The molecule has 2 N–H and O–H groups in total. The normalized spacial score (nSPS) is 23.3. The molecule has 3 heteroatoms. The molecule has 1 fully saturated rings. The second kappa shape index (κ2) is 3.59. The highest BCUT2D eigenvalue weighted by Gasteiger charge is 2.36. The number of nitrogen functional groups attached to an aromatic ring is 1. The summed E-state index contributed by atoms with van der Waals surface area (Å²) in [5, 5.41) is 3.42. The molecule has 0 spiro atoms. The van der Waals surface area contributed by atoms with E-state index in [2.05, 4.69) is 18.4 Å². The molecule has 1 aliphatic carbocycles. The Bertz CT molecular complexity index is 518. The Balaban J connectivity index is 1.92. The van der Waals surface area contributed by atoms with Gasteiger partial charge in [-0.15, -0.1) is 11.3 Å². The Hall–Kier alpha value is -1.35. The lowest BCUT2D eigenvalue weighted by atomic mass is 10.1. The van der Waals surface area contributed by atoms with Crippen molar-refractivity contribution in [2.75, 3.05) is 5.73 Å². The molecule has 0 aliphatic heterocycles. The monoisotopic (exact) mass is 230 g/mol. The fourth-order valence-electron chi connectivity index (χ4n) is 1.95. The molecule has 2 aromatic rings. The standard InChI is InChI=1S/C13H14N2S/c1-8-5-11(8)13-15-12(7-16-13)9-3-2-4-10(14)6-9/h2-4,6-8,11H,5,14H2,1H3. The van der Waals surface area contributed by atoms with E-state index >= 15 is 0 Å². The molecule has 82 valence electrons. The van der Waals surface area contributed by atoms with Crippen LogP contribution in [-0.2, 0) is 0 Å². The quantitative estimate of drug-likeness (QED) is 0.802. The van der Waals surface area contributed by atoms with Crippen molar-refractivity contribution in [1.82, 2.24) is 4.98 Å². The Kier molecular flexibility index (Phi) is 2.21. The lowest BCUT2D eigenvalue weighted by molar-refractivity contribution is 0.906. The van der Waals surface area contributed by atoms with E-state index in [1.54, 1.807) is 11.3 Å². The first-order valence-corrected chi connectivity index (χ1v) is 6.43. The van der Waals surface area contributed by atoms with Crippen molar-refractivity contribution in [2.24, 2.45) is 5.92 Å². The van der Waals surface area contributed by atoms with Crippen LogP contribution >= 0.6 is 11.3 Å². The molecule has 16 heavy (non-hydrogen) atoms. The van der Waals surface area contributed by atoms with Crippen molar-refractivity contribution < 1.29 is 0 Å². The van der Waals surface area contributed by atoms with E-state index in [0.29, 0.717) is 5.92 Å². The predicted octanol–water partition coefficient (Wildman–Crippen LogP) is 3.52. The van der Waals surface area contributed by atoms with Crippen LogP contribution in [0.2, 0.25) is 0 Å². The zero-order valence-corrected chi connectivity index (χ0v) is 10.00. The van der Waals surface area contributed by atoms with Gasteiger partial charge >= 0.3 is 0 Å². The SMILES string of the molecule is CC1CC1c1nc(-c2cccc(N)c2)cs1. The van der Waals surface area contributed by atoms with Crippen LogP contribution in [0.15, 0.2) is 29.6 Å². The van der Waals surface area contributed by atoms with E-state index in [4.69, 9.17) is 10.7 Å². The maximum atomic E-state index is 5.77. The summed E-state index contributed by atoms with van der Waals surface area (Å²) in [6.07, 6.45) is 1.30.